The Kier molecular flexibility index (Phi) is 4.69. The Morgan fingerprint density at radius 2 is 1.89 bits per heavy atom. The van der Waals surface area contributed by atoms with Gasteiger partial charge in [-0.1, -0.05) is 43.9 Å². The Morgan fingerprint density at radius 1 is 1.22 bits per heavy atom. The summed E-state index contributed by atoms with van der Waals surface area (Å²) in [5.74, 6) is 1.56. The number of hydrogen-bond acceptors (Lipinski definition) is 1. The molecule has 2 heteroatoms. The smallest absolute Gasteiger partial charge is 0.0411 e. The van der Waals surface area contributed by atoms with Crippen molar-refractivity contribution in [2.75, 3.05) is 0 Å². The van der Waals surface area contributed by atoms with Crippen LogP contribution in [0.25, 0.3) is 0 Å². The molecule has 0 aromatic heterocycles. The number of benzene rings is 1. The minimum Gasteiger partial charge on any atom is -0.324 e. The first-order valence-electron chi connectivity index (χ1n) is 7.12. The molecule has 1 atom stereocenters. The van der Waals surface area contributed by atoms with Crippen LogP contribution < -0.4 is 5.73 Å². The minimum atomic E-state index is 0.153. The first-order valence-corrected chi connectivity index (χ1v) is 7.50. The molecular formula is C16H24ClN. The number of rotatable bonds is 3. The molecule has 1 unspecified atom stereocenters. The van der Waals surface area contributed by atoms with E-state index in [2.05, 4.69) is 19.9 Å². The van der Waals surface area contributed by atoms with Gasteiger partial charge in [-0.05, 0) is 54.9 Å². The van der Waals surface area contributed by atoms with E-state index >= 15 is 0 Å². The number of aryl methyl sites for hydroxylation is 1. The van der Waals surface area contributed by atoms with Gasteiger partial charge in [0.1, 0.15) is 0 Å². The van der Waals surface area contributed by atoms with E-state index in [4.69, 9.17) is 17.3 Å². The van der Waals surface area contributed by atoms with Crippen molar-refractivity contribution in [2.45, 2.75) is 52.0 Å². The van der Waals surface area contributed by atoms with E-state index in [9.17, 15) is 0 Å². The lowest BCUT2D eigenvalue weighted by atomic mass is 9.76. The third-order valence-electron chi connectivity index (χ3n) is 4.43. The summed E-state index contributed by atoms with van der Waals surface area (Å²) in [4.78, 5) is 0. The summed E-state index contributed by atoms with van der Waals surface area (Å²) in [6, 6.07) is 6.36. The predicted molar refractivity (Wildman–Crippen MR) is 78.9 cm³/mol. The Bertz CT molecular complexity index is 374. The van der Waals surface area contributed by atoms with Gasteiger partial charge in [-0.15, -0.1) is 0 Å². The number of halogens is 1. The topological polar surface area (TPSA) is 26.0 Å². The molecule has 1 saturated carbocycles. The van der Waals surface area contributed by atoms with Gasteiger partial charge >= 0.3 is 0 Å². The van der Waals surface area contributed by atoms with Gasteiger partial charge in [0, 0.05) is 11.1 Å². The van der Waals surface area contributed by atoms with Crippen LogP contribution in [0.2, 0.25) is 5.02 Å². The van der Waals surface area contributed by atoms with E-state index in [1.807, 2.05) is 12.1 Å². The van der Waals surface area contributed by atoms with Crippen molar-refractivity contribution < 1.29 is 0 Å². The monoisotopic (exact) mass is 265 g/mol. The number of nitrogens with two attached hydrogens (primary N) is 1. The van der Waals surface area contributed by atoms with Crippen molar-refractivity contribution in [1.29, 1.82) is 0 Å². The quantitative estimate of drug-likeness (QED) is 0.829. The fraction of sp³-hybridized carbons (Fsp3) is 0.625. The van der Waals surface area contributed by atoms with E-state index in [0.29, 0.717) is 5.92 Å². The van der Waals surface area contributed by atoms with Crippen molar-refractivity contribution in [3.63, 3.8) is 0 Å². The molecule has 0 spiro atoms. The first kappa shape index (κ1) is 13.9. The highest BCUT2D eigenvalue weighted by atomic mass is 35.5. The highest BCUT2D eigenvalue weighted by molar-refractivity contribution is 6.30. The highest BCUT2D eigenvalue weighted by Crippen LogP contribution is 2.37. The van der Waals surface area contributed by atoms with Gasteiger partial charge in [0.2, 0.25) is 0 Å². The molecule has 2 rings (SSSR count). The summed E-state index contributed by atoms with van der Waals surface area (Å²) in [6.07, 6.45) is 6.54. The third-order valence-corrected chi connectivity index (χ3v) is 4.64. The summed E-state index contributed by atoms with van der Waals surface area (Å²) in [7, 11) is 0. The maximum Gasteiger partial charge on any atom is 0.0411 e. The summed E-state index contributed by atoms with van der Waals surface area (Å²) < 4.78 is 0. The molecular weight excluding hydrogens is 242 g/mol. The van der Waals surface area contributed by atoms with Crippen molar-refractivity contribution in [2.24, 2.45) is 17.6 Å². The molecule has 1 aliphatic rings. The van der Waals surface area contributed by atoms with Gasteiger partial charge in [-0.3, -0.25) is 0 Å². The van der Waals surface area contributed by atoms with Crippen LogP contribution in [0.15, 0.2) is 18.2 Å². The molecule has 0 heterocycles. The van der Waals surface area contributed by atoms with Crippen LogP contribution in [0.4, 0.5) is 0 Å². The SMILES string of the molecule is CCC1CCC(C(N)c2cc(C)cc(Cl)c2)CC1. The van der Waals surface area contributed by atoms with Crippen LogP contribution in [0.3, 0.4) is 0 Å². The van der Waals surface area contributed by atoms with Gasteiger partial charge < -0.3 is 5.73 Å². The van der Waals surface area contributed by atoms with Crippen LogP contribution in [0.5, 0.6) is 0 Å². The fourth-order valence-electron chi connectivity index (χ4n) is 3.18. The molecule has 0 aliphatic heterocycles. The summed E-state index contributed by atoms with van der Waals surface area (Å²) in [5, 5.41) is 0.808. The summed E-state index contributed by atoms with van der Waals surface area (Å²) >= 11 is 6.12. The van der Waals surface area contributed by atoms with E-state index in [1.165, 1.54) is 43.2 Å². The predicted octanol–water partition coefficient (Wildman–Crippen LogP) is 4.86. The molecule has 1 aromatic rings. The van der Waals surface area contributed by atoms with Crippen molar-refractivity contribution >= 4 is 11.6 Å². The standard InChI is InChI=1S/C16H24ClN/c1-3-12-4-6-13(7-5-12)16(18)14-8-11(2)9-15(17)10-14/h8-10,12-13,16H,3-7,18H2,1-2H3. The fourth-order valence-corrected chi connectivity index (χ4v) is 3.48. The van der Waals surface area contributed by atoms with Crippen molar-refractivity contribution in [3.8, 4) is 0 Å². The average molecular weight is 266 g/mol. The molecule has 1 fully saturated rings. The zero-order valence-electron chi connectivity index (χ0n) is 11.5. The molecule has 2 N–H and O–H groups in total. The Hall–Kier alpha value is -0.530. The Balaban J connectivity index is 2.05. The molecule has 0 bridgehead atoms. The molecule has 1 aliphatic carbocycles. The average Bonchev–Trinajstić information content (AvgIpc) is 2.37. The van der Waals surface area contributed by atoms with E-state index in [0.717, 1.165) is 10.9 Å². The first-order chi connectivity index (χ1) is 8.60. The van der Waals surface area contributed by atoms with Crippen LogP contribution in [0.1, 0.15) is 56.2 Å². The van der Waals surface area contributed by atoms with Gasteiger partial charge in [0.15, 0.2) is 0 Å². The lowest BCUT2D eigenvalue weighted by molar-refractivity contribution is 0.240. The maximum atomic E-state index is 6.44. The van der Waals surface area contributed by atoms with E-state index in [1.54, 1.807) is 0 Å². The summed E-state index contributed by atoms with van der Waals surface area (Å²) in [5.41, 5.74) is 8.85. The molecule has 1 nitrogen and oxygen atoms in total. The molecule has 1 aromatic carbocycles. The van der Waals surface area contributed by atoms with Gasteiger partial charge in [0.05, 0.1) is 0 Å². The van der Waals surface area contributed by atoms with E-state index in [-0.39, 0.29) is 6.04 Å². The van der Waals surface area contributed by atoms with Gasteiger partial charge in [0.25, 0.3) is 0 Å². The van der Waals surface area contributed by atoms with Crippen LogP contribution >= 0.6 is 11.6 Å². The number of hydrogen-bond donors (Lipinski definition) is 1. The van der Waals surface area contributed by atoms with Crippen molar-refractivity contribution in [1.82, 2.24) is 0 Å². The maximum absolute atomic E-state index is 6.44. The zero-order chi connectivity index (χ0) is 13.1. The Morgan fingerprint density at radius 3 is 2.44 bits per heavy atom. The second-order valence-corrected chi connectivity index (χ2v) is 6.21. The normalized spacial score (nSPS) is 26.0. The second-order valence-electron chi connectivity index (χ2n) is 5.78. The second kappa shape index (κ2) is 6.08. The third kappa shape index (κ3) is 3.27. The molecule has 0 saturated heterocycles. The lowest BCUT2D eigenvalue weighted by Gasteiger charge is -2.32. The van der Waals surface area contributed by atoms with Crippen molar-refractivity contribution in [3.05, 3.63) is 34.3 Å². The molecule has 0 radical (unpaired) electrons. The zero-order valence-corrected chi connectivity index (χ0v) is 12.2. The highest BCUT2D eigenvalue weighted by Gasteiger charge is 2.25. The van der Waals surface area contributed by atoms with E-state index < -0.39 is 0 Å². The largest absolute Gasteiger partial charge is 0.324 e. The lowest BCUT2D eigenvalue weighted by Crippen LogP contribution is -2.26. The van der Waals surface area contributed by atoms with Crippen LogP contribution in [0, 0.1) is 18.8 Å². The molecule has 100 valence electrons. The minimum absolute atomic E-state index is 0.153. The molecule has 0 amide bonds. The summed E-state index contributed by atoms with van der Waals surface area (Å²) in [6.45, 7) is 4.38. The van der Waals surface area contributed by atoms with Gasteiger partial charge in [-0.2, -0.15) is 0 Å². The van der Waals surface area contributed by atoms with Crippen LogP contribution in [-0.2, 0) is 0 Å². The van der Waals surface area contributed by atoms with Gasteiger partial charge in [-0.25, -0.2) is 0 Å². The Labute approximate surface area is 116 Å². The van der Waals surface area contributed by atoms with Crippen LogP contribution in [-0.4, -0.2) is 0 Å². The molecule has 18 heavy (non-hydrogen) atoms.